The van der Waals surface area contributed by atoms with Crippen LogP contribution in [0.5, 0.6) is 0 Å². The smallest absolute Gasteiger partial charge is 0.202 e. The molecule has 0 spiro atoms. The number of fused-ring (bicyclic) bond motifs is 1. The standard InChI is InChI=1S/C25H16IN3O/c26-22-23-21(16-20(24(22)30)17-10-4-1-5-11-17)27-25(18-12-6-2-7-13-18)28-29(23)19-14-8-3-9-15-19/h1-16H. The quantitative estimate of drug-likeness (QED) is 0.300. The Morgan fingerprint density at radius 3 is 1.93 bits per heavy atom. The van der Waals surface area contributed by atoms with Crippen LogP contribution in [0.4, 0.5) is 0 Å². The van der Waals surface area contributed by atoms with Crippen LogP contribution in [-0.4, -0.2) is 14.8 Å². The van der Waals surface area contributed by atoms with Crippen LogP contribution in [0.1, 0.15) is 0 Å². The van der Waals surface area contributed by atoms with Crippen molar-refractivity contribution in [1.82, 2.24) is 14.8 Å². The van der Waals surface area contributed by atoms with Gasteiger partial charge >= 0.3 is 0 Å². The molecule has 1 heterocycles. The Bertz CT molecular complexity index is 1350. The average Bonchev–Trinajstić information content (AvgIpc) is 2.82. The van der Waals surface area contributed by atoms with E-state index in [1.54, 1.807) is 0 Å². The number of halogens is 1. The van der Waals surface area contributed by atoms with Crippen molar-refractivity contribution in [3.05, 3.63) is 111 Å². The lowest BCUT2D eigenvalue weighted by atomic mass is 10.0. The highest BCUT2D eigenvalue weighted by molar-refractivity contribution is 14.1. The van der Waals surface area contributed by atoms with Crippen LogP contribution < -0.4 is 5.43 Å². The van der Waals surface area contributed by atoms with E-state index in [0.717, 1.165) is 22.5 Å². The van der Waals surface area contributed by atoms with Crippen LogP contribution in [0, 0.1) is 3.57 Å². The van der Waals surface area contributed by atoms with Gasteiger partial charge in [-0.05, 0) is 46.4 Å². The highest BCUT2D eigenvalue weighted by Gasteiger charge is 2.22. The van der Waals surface area contributed by atoms with Crippen LogP contribution in [0.15, 0.2) is 102 Å². The molecular formula is C25H16IN3O. The lowest BCUT2D eigenvalue weighted by Gasteiger charge is -2.18. The summed E-state index contributed by atoms with van der Waals surface area (Å²) >= 11 is 2.12. The molecule has 5 rings (SSSR count). The van der Waals surface area contributed by atoms with Crippen molar-refractivity contribution in [1.29, 1.82) is 0 Å². The molecule has 0 N–H and O–H groups in total. The van der Waals surface area contributed by atoms with E-state index < -0.39 is 0 Å². The largest absolute Gasteiger partial charge is 0.288 e. The second-order valence-electron chi connectivity index (χ2n) is 6.85. The summed E-state index contributed by atoms with van der Waals surface area (Å²) in [4.78, 5) is 18.1. The first-order valence-corrected chi connectivity index (χ1v) is 10.6. The number of rotatable bonds is 3. The zero-order valence-corrected chi connectivity index (χ0v) is 18.0. The summed E-state index contributed by atoms with van der Waals surface area (Å²) in [5.41, 5.74) is 4.76. The van der Waals surface area contributed by atoms with E-state index in [0.29, 0.717) is 20.7 Å². The average molecular weight is 501 g/mol. The first kappa shape index (κ1) is 18.7. The van der Waals surface area contributed by atoms with Gasteiger partial charge in [0.25, 0.3) is 0 Å². The van der Waals surface area contributed by atoms with Crippen LogP contribution in [0.2, 0.25) is 0 Å². The molecule has 1 aliphatic heterocycles. The van der Waals surface area contributed by atoms with Crippen molar-refractivity contribution in [2.75, 3.05) is 0 Å². The SMILES string of the molecule is O=c1c(-c2ccccc2)cc2nc(-c3ccccc3)nn(-c3ccccc3)c-2c1I. The van der Waals surface area contributed by atoms with Crippen LogP contribution >= 0.6 is 22.6 Å². The fourth-order valence-electron chi connectivity index (χ4n) is 3.47. The Balaban J connectivity index is 1.86. The number of nitrogens with zero attached hydrogens (tertiary/aromatic N) is 3. The van der Waals surface area contributed by atoms with E-state index in [4.69, 9.17) is 10.1 Å². The number of para-hydroxylation sites is 1. The molecule has 5 heteroatoms. The van der Waals surface area contributed by atoms with Gasteiger partial charge in [-0.3, -0.25) is 4.79 Å². The van der Waals surface area contributed by atoms with Crippen LogP contribution in [0.25, 0.3) is 39.6 Å². The van der Waals surface area contributed by atoms with Gasteiger partial charge in [0.05, 0.1) is 15.0 Å². The molecule has 144 valence electrons. The van der Waals surface area contributed by atoms with E-state index in [1.807, 2.05) is 102 Å². The molecule has 4 nitrogen and oxygen atoms in total. The van der Waals surface area contributed by atoms with Crippen molar-refractivity contribution >= 4 is 22.6 Å². The van der Waals surface area contributed by atoms with Crippen molar-refractivity contribution in [3.63, 3.8) is 0 Å². The summed E-state index contributed by atoms with van der Waals surface area (Å²) in [7, 11) is 0. The van der Waals surface area contributed by atoms with Crippen LogP contribution in [0.3, 0.4) is 0 Å². The highest BCUT2D eigenvalue weighted by Crippen LogP contribution is 2.31. The molecule has 30 heavy (non-hydrogen) atoms. The number of aromatic nitrogens is 3. The van der Waals surface area contributed by atoms with Gasteiger partial charge in [-0.25, -0.2) is 9.67 Å². The minimum Gasteiger partial charge on any atom is -0.288 e. The lowest BCUT2D eigenvalue weighted by Crippen LogP contribution is -2.19. The predicted molar refractivity (Wildman–Crippen MR) is 128 cm³/mol. The monoisotopic (exact) mass is 501 g/mol. The third kappa shape index (κ3) is 3.31. The minimum atomic E-state index is -0.0185. The number of hydrogen-bond acceptors (Lipinski definition) is 3. The van der Waals surface area contributed by atoms with Crippen molar-refractivity contribution in [2.24, 2.45) is 0 Å². The van der Waals surface area contributed by atoms with E-state index in [9.17, 15) is 4.79 Å². The summed E-state index contributed by atoms with van der Waals surface area (Å²) in [5, 5.41) is 4.81. The lowest BCUT2D eigenvalue weighted by molar-refractivity contribution is 0.824. The van der Waals surface area contributed by atoms with Gasteiger partial charge in [-0.15, -0.1) is 5.10 Å². The highest BCUT2D eigenvalue weighted by atomic mass is 127. The molecule has 0 saturated carbocycles. The van der Waals surface area contributed by atoms with Gasteiger partial charge in [0, 0.05) is 11.1 Å². The third-order valence-electron chi connectivity index (χ3n) is 4.93. The second kappa shape index (κ2) is 7.84. The minimum absolute atomic E-state index is 0.0185. The summed E-state index contributed by atoms with van der Waals surface area (Å²) < 4.78 is 2.43. The molecule has 3 aromatic rings. The fourth-order valence-corrected chi connectivity index (χ4v) is 4.27. The third-order valence-corrected chi connectivity index (χ3v) is 5.93. The topological polar surface area (TPSA) is 47.8 Å². The van der Waals surface area contributed by atoms with Crippen LogP contribution in [-0.2, 0) is 0 Å². The maximum Gasteiger partial charge on any atom is 0.202 e. The Morgan fingerprint density at radius 2 is 1.30 bits per heavy atom. The summed E-state index contributed by atoms with van der Waals surface area (Å²) in [6.45, 7) is 0. The maximum absolute atomic E-state index is 13.2. The van der Waals surface area contributed by atoms with Gasteiger partial charge in [0.15, 0.2) is 5.82 Å². The van der Waals surface area contributed by atoms with Gasteiger partial charge in [0.1, 0.15) is 5.69 Å². The molecule has 0 amide bonds. The number of benzene rings is 4. The summed E-state index contributed by atoms with van der Waals surface area (Å²) in [6, 6.07) is 31.3. The molecule has 0 radical (unpaired) electrons. The molecule has 3 aromatic carbocycles. The maximum atomic E-state index is 13.2. The Morgan fingerprint density at radius 1 is 0.733 bits per heavy atom. The molecule has 0 fully saturated rings. The summed E-state index contributed by atoms with van der Waals surface area (Å²) in [6.07, 6.45) is 0. The van der Waals surface area contributed by atoms with E-state index in [1.165, 1.54) is 0 Å². The van der Waals surface area contributed by atoms with Gasteiger partial charge in [0.2, 0.25) is 5.43 Å². The van der Waals surface area contributed by atoms with Gasteiger partial charge in [-0.2, -0.15) is 0 Å². The Hall–Kier alpha value is -3.32. The molecule has 0 aromatic heterocycles. The first-order valence-electron chi connectivity index (χ1n) is 9.52. The zero-order valence-electron chi connectivity index (χ0n) is 15.9. The Labute approximate surface area is 187 Å². The van der Waals surface area contributed by atoms with Crippen molar-refractivity contribution in [2.45, 2.75) is 0 Å². The molecule has 0 unspecified atom stereocenters. The molecular weight excluding hydrogens is 485 g/mol. The van der Waals surface area contributed by atoms with Crippen molar-refractivity contribution < 1.29 is 0 Å². The molecule has 1 aliphatic carbocycles. The predicted octanol–water partition coefficient (Wildman–Crippen LogP) is 5.67. The second-order valence-corrected chi connectivity index (χ2v) is 7.93. The molecule has 0 bridgehead atoms. The normalized spacial score (nSPS) is 11.0. The fraction of sp³-hybridized carbons (Fsp3) is 0. The Kier molecular flexibility index (Phi) is 4.88. The molecule has 0 saturated heterocycles. The van der Waals surface area contributed by atoms with E-state index >= 15 is 0 Å². The van der Waals surface area contributed by atoms with Gasteiger partial charge < -0.3 is 0 Å². The first-order chi connectivity index (χ1) is 14.7. The molecule has 2 aliphatic rings. The van der Waals surface area contributed by atoms with E-state index in [2.05, 4.69) is 22.6 Å². The number of hydrogen-bond donors (Lipinski definition) is 0. The summed E-state index contributed by atoms with van der Waals surface area (Å²) in [5.74, 6) is 0.611. The van der Waals surface area contributed by atoms with E-state index in [-0.39, 0.29) is 5.43 Å². The molecule has 0 atom stereocenters. The van der Waals surface area contributed by atoms with Gasteiger partial charge in [-0.1, -0.05) is 78.9 Å². The van der Waals surface area contributed by atoms with Crippen molar-refractivity contribution in [3.8, 4) is 39.6 Å². The zero-order chi connectivity index (χ0) is 20.5.